The molecule has 0 radical (unpaired) electrons. The lowest BCUT2D eigenvalue weighted by Crippen LogP contribution is -2.19. The second kappa shape index (κ2) is 14.8. The quantitative estimate of drug-likeness (QED) is 0.315. The summed E-state index contributed by atoms with van der Waals surface area (Å²) < 4.78 is 5.12. The molecule has 0 saturated heterocycles. The van der Waals surface area contributed by atoms with E-state index < -0.39 is 5.97 Å². The van der Waals surface area contributed by atoms with Gasteiger partial charge in [-0.25, -0.2) is 0 Å². The molecule has 0 amide bonds. The maximum absolute atomic E-state index is 11.9. The number of ether oxygens (including phenoxy) is 1. The van der Waals surface area contributed by atoms with Gasteiger partial charge >= 0.3 is 11.9 Å². The Morgan fingerprint density at radius 2 is 1.41 bits per heavy atom. The van der Waals surface area contributed by atoms with Gasteiger partial charge in [0.1, 0.15) is 0 Å². The van der Waals surface area contributed by atoms with Gasteiger partial charge in [0.2, 0.25) is 0 Å². The Morgan fingerprint density at radius 1 is 0.818 bits per heavy atom. The predicted octanol–water partition coefficient (Wildman–Crippen LogP) is 2.12. The molecule has 0 rings (SSSR count). The minimum absolute atomic E-state index is 0.00489. The Labute approximate surface area is 132 Å². The van der Waals surface area contributed by atoms with Crippen LogP contribution in [-0.2, 0) is 14.3 Å². The highest BCUT2D eigenvalue weighted by atomic mass is 16.5. The van der Waals surface area contributed by atoms with Crippen LogP contribution < -0.4 is 0 Å². The van der Waals surface area contributed by atoms with Crippen LogP contribution in [0.25, 0.3) is 0 Å². The molecular formula is C16H30O6. The molecule has 0 aromatic rings. The summed E-state index contributed by atoms with van der Waals surface area (Å²) in [6.45, 7) is 0.306. The maximum atomic E-state index is 11.9. The number of unbranched alkanes of at least 4 members (excludes halogenated alkanes) is 4. The highest BCUT2D eigenvalue weighted by Crippen LogP contribution is 2.18. The number of carboxylic acid groups (broad SMARTS) is 1. The van der Waals surface area contributed by atoms with E-state index >= 15 is 0 Å². The summed E-state index contributed by atoms with van der Waals surface area (Å²) >= 11 is 0. The number of carbonyl (C=O) groups excluding carboxylic acids is 1. The average molecular weight is 318 g/mol. The zero-order valence-corrected chi connectivity index (χ0v) is 13.3. The van der Waals surface area contributed by atoms with E-state index in [2.05, 4.69) is 0 Å². The van der Waals surface area contributed by atoms with E-state index in [0.29, 0.717) is 25.7 Å². The van der Waals surface area contributed by atoms with Crippen molar-refractivity contribution in [1.29, 1.82) is 0 Å². The van der Waals surface area contributed by atoms with E-state index in [0.717, 1.165) is 32.1 Å². The minimum atomic E-state index is -0.755. The third-order valence-corrected chi connectivity index (χ3v) is 3.53. The SMILES string of the molecule is O=C(O)CCCCCCCC(CCCO)C(=O)OCCCO. The molecule has 0 aliphatic rings. The molecule has 0 bridgehead atoms. The first-order valence-electron chi connectivity index (χ1n) is 8.22. The second-order valence-electron chi connectivity index (χ2n) is 5.51. The molecule has 6 heteroatoms. The predicted molar refractivity (Wildman–Crippen MR) is 82.4 cm³/mol. The molecular weight excluding hydrogens is 288 g/mol. The molecule has 130 valence electrons. The standard InChI is InChI=1S/C16H30O6/c17-11-6-9-14(16(21)22-13-7-12-18)8-4-2-1-3-5-10-15(19)20/h14,17-18H,1-13H2,(H,19,20). The molecule has 6 nitrogen and oxygen atoms in total. The number of aliphatic carboxylic acids is 1. The highest BCUT2D eigenvalue weighted by molar-refractivity contribution is 5.72. The van der Waals surface area contributed by atoms with Gasteiger partial charge < -0.3 is 20.1 Å². The number of aliphatic hydroxyl groups is 2. The van der Waals surface area contributed by atoms with Crippen molar-refractivity contribution in [3.63, 3.8) is 0 Å². The van der Waals surface area contributed by atoms with Crippen LogP contribution in [0.15, 0.2) is 0 Å². The molecule has 0 aliphatic heterocycles. The van der Waals surface area contributed by atoms with Crippen molar-refractivity contribution in [2.24, 2.45) is 5.92 Å². The minimum Gasteiger partial charge on any atom is -0.481 e. The number of aliphatic hydroxyl groups excluding tert-OH is 2. The number of hydrogen-bond donors (Lipinski definition) is 3. The molecule has 0 aliphatic carbocycles. The summed E-state index contributed by atoms with van der Waals surface area (Å²) in [6, 6.07) is 0. The normalized spacial score (nSPS) is 12.1. The van der Waals surface area contributed by atoms with E-state index in [4.69, 9.17) is 20.1 Å². The van der Waals surface area contributed by atoms with Crippen molar-refractivity contribution < 1.29 is 29.6 Å². The van der Waals surface area contributed by atoms with Crippen LogP contribution in [0.2, 0.25) is 0 Å². The van der Waals surface area contributed by atoms with E-state index in [1.54, 1.807) is 0 Å². The third kappa shape index (κ3) is 12.6. The molecule has 0 spiro atoms. The summed E-state index contributed by atoms with van der Waals surface area (Å²) in [5, 5.41) is 26.1. The van der Waals surface area contributed by atoms with E-state index in [1.165, 1.54) is 0 Å². The van der Waals surface area contributed by atoms with Crippen molar-refractivity contribution in [2.75, 3.05) is 19.8 Å². The first kappa shape index (κ1) is 20.9. The summed E-state index contributed by atoms with van der Waals surface area (Å²) in [5.74, 6) is -1.19. The van der Waals surface area contributed by atoms with E-state index in [1.807, 2.05) is 0 Å². The van der Waals surface area contributed by atoms with Crippen molar-refractivity contribution in [3.8, 4) is 0 Å². The fourth-order valence-corrected chi connectivity index (χ4v) is 2.27. The van der Waals surface area contributed by atoms with Gasteiger partial charge in [-0.2, -0.15) is 0 Å². The lowest BCUT2D eigenvalue weighted by Gasteiger charge is -2.15. The third-order valence-electron chi connectivity index (χ3n) is 3.53. The number of carbonyl (C=O) groups is 2. The average Bonchev–Trinajstić information content (AvgIpc) is 2.49. The van der Waals surface area contributed by atoms with E-state index in [-0.39, 0.29) is 38.1 Å². The summed E-state index contributed by atoms with van der Waals surface area (Å²) in [5.41, 5.74) is 0. The van der Waals surface area contributed by atoms with Crippen LogP contribution in [0, 0.1) is 5.92 Å². The van der Waals surface area contributed by atoms with Gasteiger partial charge in [0.25, 0.3) is 0 Å². The maximum Gasteiger partial charge on any atom is 0.308 e. The first-order valence-corrected chi connectivity index (χ1v) is 8.22. The number of esters is 1. The summed E-state index contributed by atoms with van der Waals surface area (Å²) in [7, 11) is 0. The molecule has 0 saturated carbocycles. The summed E-state index contributed by atoms with van der Waals surface area (Å²) in [6.07, 6.45) is 7.04. The van der Waals surface area contributed by atoms with Crippen molar-refractivity contribution in [3.05, 3.63) is 0 Å². The number of carboxylic acids is 1. The van der Waals surface area contributed by atoms with Gasteiger partial charge in [0.05, 0.1) is 12.5 Å². The smallest absolute Gasteiger partial charge is 0.308 e. The highest BCUT2D eigenvalue weighted by Gasteiger charge is 2.19. The van der Waals surface area contributed by atoms with Crippen LogP contribution in [0.1, 0.15) is 64.2 Å². The number of rotatable bonds is 15. The van der Waals surface area contributed by atoms with Crippen molar-refractivity contribution in [2.45, 2.75) is 64.2 Å². The summed E-state index contributed by atoms with van der Waals surface area (Å²) in [4.78, 5) is 22.3. The van der Waals surface area contributed by atoms with Gasteiger partial charge in [-0.05, 0) is 25.7 Å². The monoisotopic (exact) mass is 318 g/mol. The molecule has 0 heterocycles. The Kier molecular flexibility index (Phi) is 14.0. The van der Waals surface area contributed by atoms with Gasteiger partial charge in [-0.15, -0.1) is 0 Å². The van der Waals surface area contributed by atoms with Crippen LogP contribution in [0.4, 0.5) is 0 Å². The number of hydrogen-bond acceptors (Lipinski definition) is 5. The molecule has 0 fully saturated rings. The van der Waals surface area contributed by atoms with Crippen LogP contribution >= 0.6 is 0 Å². The van der Waals surface area contributed by atoms with Crippen LogP contribution in [0.3, 0.4) is 0 Å². The van der Waals surface area contributed by atoms with Crippen molar-refractivity contribution >= 4 is 11.9 Å². The fraction of sp³-hybridized carbons (Fsp3) is 0.875. The van der Waals surface area contributed by atoms with Gasteiger partial charge in [0, 0.05) is 26.1 Å². The Balaban J connectivity index is 3.83. The zero-order chi connectivity index (χ0) is 16.6. The van der Waals surface area contributed by atoms with Crippen LogP contribution in [0.5, 0.6) is 0 Å². The molecule has 0 aromatic heterocycles. The van der Waals surface area contributed by atoms with Gasteiger partial charge in [-0.3, -0.25) is 9.59 Å². The van der Waals surface area contributed by atoms with Gasteiger partial charge in [-0.1, -0.05) is 25.7 Å². The molecule has 1 atom stereocenters. The van der Waals surface area contributed by atoms with Crippen LogP contribution in [-0.4, -0.2) is 47.1 Å². The fourth-order valence-electron chi connectivity index (χ4n) is 2.27. The Bertz CT molecular complexity index is 292. The Hall–Kier alpha value is -1.14. The molecule has 1 unspecified atom stereocenters. The zero-order valence-electron chi connectivity index (χ0n) is 13.3. The first-order chi connectivity index (χ1) is 10.6. The second-order valence-corrected chi connectivity index (χ2v) is 5.51. The lowest BCUT2D eigenvalue weighted by atomic mass is 9.96. The largest absolute Gasteiger partial charge is 0.481 e. The lowest BCUT2D eigenvalue weighted by molar-refractivity contribution is -0.149. The molecule has 0 aromatic carbocycles. The Morgan fingerprint density at radius 3 is 2.05 bits per heavy atom. The molecule has 3 N–H and O–H groups in total. The van der Waals surface area contributed by atoms with Gasteiger partial charge in [0.15, 0.2) is 0 Å². The van der Waals surface area contributed by atoms with Crippen molar-refractivity contribution in [1.82, 2.24) is 0 Å². The van der Waals surface area contributed by atoms with E-state index in [9.17, 15) is 9.59 Å². The topological polar surface area (TPSA) is 104 Å². The molecule has 22 heavy (non-hydrogen) atoms.